The lowest BCUT2D eigenvalue weighted by Gasteiger charge is -2.24. The number of hydrogen-bond acceptors (Lipinski definition) is 7. The smallest absolute Gasteiger partial charge is 0.326 e. The number of ether oxygens (including phenoxy) is 2. The maximum absolute atomic E-state index is 13.4. The number of benzene rings is 3. The second kappa shape index (κ2) is 14.7. The Labute approximate surface area is 253 Å². The van der Waals surface area contributed by atoms with Crippen molar-refractivity contribution in [2.24, 2.45) is 0 Å². The molecular weight excluding hydrogens is 568 g/mol. The normalized spacial score (nSPS) is 17.9. The van der Waals surface area contributed by atoms with Crippen LogP contribution in [-0.4, -0.2) is 80.8 Å². The number of nitrogens with one attached hydrogen (secondary N) is 1. The molecule has 0 radical (unpaired) electrons. The lowest BCUT2D eigenvalue weighted by molar-refractivity contribution is -0.139. The predicted octanol–water partition coefficient (Wildman–Crippen LogP) is 4.09. The molecule has 230 valence electrons. The van der Waals surface area contributed by atoms with Gasteiger partial charge in [-0.05, 0) is 59.7 Å². The van der Waals surface area contributed by atoms with E-state index < -0.39 is 27.8 Å². The number of aliphatic carboxylic acids is 1. The molecule has 1 heterocycles. The van der Waals surface area contributed by atoms with Crippen molar-refractivity contribution < 1.29 is 32.6 Å². The van der Waals surface area contributed by atoms with Crippen molar-refractivity contribution in [3.63, 3.8) is 0 Å². The quantitative estimate of drug-likeness (QED) is 0.281. The van der Waals surface area contributed by atoms with E-state index >= 15 is 0 Å². The van der Waals surface area contributed by atoms with Gasteiger partial charge in [-0.1, -0.05) is 60.7 Å². The maximum Gasteiger partial charge on any atom is 0.326 e. The first-order chi connectivity index (χ1) is 20.5. The molecule has 0 aromatic heterocycles. The van der Waals surface area contributed by atoms with E-state index in [2.05, 4.69) is 22.3 Å². The molecular formula is C33H40N2O7S. The number of carboxylic acid groups (broad SMARTS) is 1. The predicted molar refractivity (Wildman–Crippen MR) is 166 cm³/mol. The van der Waals surface area contributed by atoms with Crippen molar-refractivity contribution in [2.45, 2.75) is 51.1 Å². The number of aryl methyl sites for hydroxylation is 1. The van der Waals surface area contributed by atoms with Gasteiger partial charge < -0.3 is 19.9 Å². The topological polar surface area (TPSA) is 122 Å². The van der Waals surface area contributed by atoms with Crippen molar-refractivity contribution in [1.82, 2.24) is 10.2 Å². The molecule has 4 rings (SSSR count). The van der Waals surface area contributed by atoms with Crippen molar-refractivity contribution in [3.8, 4) is 11.1 Å². The summed E-state index contributed by atoms with van der Waals surface area (Å²) < 4.78 is 35.0. The Morgan fingerprint density at radius 3 is 2.42 bits per heavy atom. The van der Waals surface area contributed by atoms with Crippen LogP contribution in [-0.2, 0) is 37.3 Å². The van der Waals surface area contributed by atoms with Crippen LogP contribution in [0.5, 0.6) is 0 Å². The molecule has 3 aromatic rings. The minimum Gasteiger partial charge on any atom is -0.480 e. The summed E-state index contributed by atoms with van der Waals surface area (Å²) in [5.74, 6) is -2.20. The van der Waals surface area contributed by atoms with Gasteiger partial charge in [-0.25, -0.2) is 13.2 Å². The molecule has 0 spiro atoms. The highest BCUT2D eigenvalue weighted by Crippen LogP contribution is 2.30. The first-order valence-electron chi connectivity index (χ1n) is 14.3. The lowest BCUT2D eigenvalue weighted by atomic mass is 9.93. The molecule has 1 aliphatic heterocycles. The first kappa shape index (κ1) is 32.3. The van der Waals surface area contributed by atoms with E-state index in [1.165, 1.54) is 0 Å². The van der Waals surface area contributed by atoms with Crippen molar-refractivity contribution in [2.75, 3.05) is 32.3 Å². The Morgan fingerprint density at radius 1 is 1.02 bits per heavy atom. The Hall–Kier alpha value is -3.57. The van der Waals surface area contributed by atoms with E-state index in [0.29, 0.717) is 30.9 Å². The number of nitrogens with zero attached hydrogens (tertiary/aromatic N) is 1. The van der Waals surface area contributed by atoms with Gasteiger partial charge in [-0.15, -0.1) is 0 Å². The zero-order valence-corrected chi connectivity index (χ0v) is 25.7. The molecule has 2 unspecified atom stereocenters. The van der Waals surface area contributed by atoms with Gasteiger partial charge in [0.2, 0.25) is 0 Å². The molecule has 1 saturated heterocycles. The van der Waals surface area contributed by atoms with E-state index in [4.69, 9.17) is 9.47 Å². The Bertz CT molecular complexity index is 1510. The molecule has 9 nitrogen and oxygen atoms in total. The summed E-state index contributed by atoms with van der Waals surface area (Å²) in [6, 6.07) is 22.2. The van der Waals surface area contributed by atoms with Gasteiger partial charge in [0, 0.05) is 38.1 Å². The van der Waals surface area contributed by atoms with Crippen molar-refractivity contribution in [3.05, 3.63) is 95.1 Å². The van der Waals surface area contributed by atoms with Gasteiger partial charge in [0.1, 0.15) is 15.9 Å². The number of likely N-dealkylation sites (tertiary alicyclic amines) is 1. The van der Waals surface area contributed by atoms with Gasteiger partial charge in [0.05, 0.1) is 25.1 Å². The zero-order chi connectivity index (χ0) is 31.0. The highest BCUT2D eigenvalue weighted by atomic mass is 32.2. The highest BCUT2D eigenvalue weighted by molar-refractivity contribution is 7.90. The number of methoxy groups -OCH3 is 1. The molecule has 1 fully saturated rings. The molecule has 0 saturated carbocycles. The third kappa shape index (κ3) is 9.21. The Balaban J connectivity index is 1.56. The third-order valence-corrected chi connectivity index (χ3v) is 8.68. The van der Waals surface area contributed by atoms with Crippen LogP contribution in [0, 0.1) is 6.92 Å². The van der Waals surface area contributed by atoms with Crippen LogP contribution < -0.4 is 5.32 Å². The number of sulfone groups is 1. The summed E-state index contributed by atoms with van der Waals surface area (Å²) in [7, 11) is -1.70. The van der Waals surface area contributed by atoms with Crippen molar-refractivity contribution in [1.29, 1.82) is 0 Å². The van der Waals surface area contributed by atoms with Crippen molar-refractivity contribution >= 4 is 21.7 Å². The lowest BCUT2D eigenvalue weighted by Crippen LogP contribution is -2.42. The first-order valence-corrected chi connectivity index (χ1v) is 16.4. The molecule has 3 aromatic carbocycles. The van der Waals surface area contributed by atoms with E-state index in [0.717, 1.165) is 41.5 Å². The van der Waals surface area contributed by atoms with Crippen LogP contribution >= 0.6 is 0 Å². The second-order valence-corrected chi connectivity index (χ2v) is 13.4. The molecule has 1 aliphatic rings. The number of carbonyl (C=O) groups excluding carboxylic acids is 1. The van der Waals surface area contributed by atoms with Crippen LogP contribution in [0.3, 0.4) is 0 Å². The molecule has 3 atom stereocenters. The van der Waals surface area contributed by atoms with E-state index in [9.17, 15) is 23.1 Å². The Morgan fingerprint density at radius 2 is 1.74 bits per heavy atom. The van der Waals surface area contributed by atoms with Crippen LogP contribution in [0.2, 0.25) is 0 Å². The SMILES string of the molecule is COCC1C[C@H](OCc2ccccc2)CN1Cc1ccc(C(=O)NC(CCS(C)(=O)=O)C(=O)O)c(-c2ccccc2C)c1. The van der Waals surface area contributed by atoms with Crippen LogP contribution in [0.4, 0.5) is 0 Å². The number of amides is 1. The van der Waals surface area contributed by atoms with Gasteiger partial charge in [-0.2, -0.15) is 0 Å². The third-order valence-electron chi connectivity index (χ3n) is 7.71. The fraction of sp³-hybridized carbons (Fsp3) is 0.394. The maximum atomic E-state index is 13.4. The minimum absolute atomic E-state index is 0.0566. The summed E-state index contributed by atoms with van der Waals surface area (Å²) in [6.07, 6.45) is 1.72. The summed E-state index contributed by atoms with van der Waals surface area (Å²) in [6.45, 7) is 4.43. The largest absolute Gasteiger partial charge is 0.480 e. The van der Waals surface area contributed by atoms with Crippen LogP contribution in [0.25, 0.3) is 11.1 Å². The molecule has 1 amide bonds. The number of rotatable bonds is 14. The van der Waals surface area contributed by atoms with Gasteiger partial charge in [-0.3, -0.25) is 9.69 Å². The van der Waals surface area contributed by atoms with Gasteiger partial charge >= 0.3 is 5.97 Å². The fourth-order valence-corrected chi connectivity index (χ4v) is 6.12. The summed E-state index contributed by atoms with van der Waals surface area (Å²) >= 11 is 0. The highest BCUT2D eigenvalue weighted by Gasteiger charge is 2.33. The molecule has 2 N–H and O–H groups in total. The Kier molecular flexibility index (Phi) is 11.1. The van der Waals surface area contributed by atoms with Crippen LogP contribution in [0.1, 0.15) is 39.9 Å². The fourth-order valence-electron chi connectivity index (χ4n) is 5.45. The summed E-state index contributed by atoms with van der Waals surface area (Å²) in [4.78, 5) is 27.6. The molecule has 43 heavy (non-hydrogen) atoms. The minimum atomic E-state index is -3.40. The summed E-state index contributed by atoms with van der Waals surface area (Å²) in [5, 5.41) is 12.2. The molecule has 0 aliphatic carbocycles. The van der Waals surface area contributed by atoms with E-state index in [1.54, 1.807) is 13.2 Å². The van der Waals surface area contributed by atoms with Crippen LogP contribution in [0.15, 0.2) is 72.8 Å². The molecule has 0 bridgehead atoms. The second-order valence-electron chi connectivity index (χ2n) is 11.2. The van der Waals surface area contributed by atoms with E-state index in [1.807, 2.05) is 61.5 Å². The standard InChI is InChI=1S/C33H40N2O7S/c1-23-9-7-8-12-28(23)30-17-25(13-14-29(30)32(36)34-31(33(37)38)15-16-43(3,39)40)19-35-20-27(18-26(35)22-41-2)42-21-24-10-5-4-6-11-24/h4-14,17,26-27,31H,15-16,18-22H2,1-3H3,(H,34,36)(H,37,38)/t26?,27-,31?/m0/s1. The average Bonchev–Trinajstić information content (AvgIpc) is 3.35. The molecule has 10 heteroatoms. The van der Waals surface area contributed by atoms with Gasteiger partial charge in [0.25, 0.3) is 5.91 Å². The summed E-state index contributed by atoms with van der Waals surface area (Å²) in [5.41, 5.74) is 4.95. The van der Waals surface area contributed by atoms with Gasteiger partial charge in [0.15, 0.2) is 0 Å². The number of carbonyl (C=O) groups is 2. The zero-order valence-electron chi connectivity index (χ0n) is 24.9. The number of hydrogen-bond donors (Lipinski definition) is 2. The number of carboxylic acids is 1. The average molecular weight is 609 g/mol. The monoisotopic (exact) mass is 608 g/mol. The van der Waals surface area contributed by atoms with E-state index in [-0.39, 0.29) is 24.3 Å².